The quantitative estimate of drug-likeness (QED) is 0.722. The molecule has 2 aliphatic rings. The molecule has 0 radical (unpaired) electrons. The van der Waals surface area contributed by atoms with Crippen molar-refractivity contribution >= 4 is 37.6 Å². The number of carbonyl (C=O) groups excluding carboxylic acids is 1. The summed E-state index contributed by atoms with van der Waals surface area (Å²) in [6.07, 6.45) is 4.32. The first-order chi connectivity index (χ1) is 9.51. The Morgan fingerprint density at radius 1 is 1.35 bits per heavy atom. The Balaban J connectivity index is 2.24. The predicted molar refractivity (Wildman–Crippen MR) is 86.5 cm³/mol. The van der Waals surface area contributed by atoms with Crippen molar-refractivity contribution in [1.29, 1.82) is 0 Å². The second kappa shape index (κ2) is 4.99. The van der Waals surface area contributed by atoms with E-state index in [2.05, 4.69) is 63.9 Å². The maximum atomic E-state index is 11.9. The Morgan fingerprint density at radius 3 is 2.75 bits per heavy atom. The molecule has 1 aliphatic heterocycles. The first-order valence-electron chi connectivity index (χ1n) is 6.93. The Labute approximate surface area is 135 Å². The van der Waals surface area contributed by atoms with Crippen molar-refractivity contribution < 1.29 is 9.53 Å². The Kier molecular flexibility index (Phi) is 3.57. The number of hydrogen-bond donors (Lipinski definition) is 0. The van der Waals surface area contributed by atoms with Crippen LogP contribution in [-0.2, 0) is 16.6 Å². The van der Waals surface area contributed by atoms with Gasteiger partial charge in [-0.15, -0.1) is 0 Å². The Hall–Kier alpha value is -0.610. The molecule has 3 rings (SSSR count). The van der Waals surface area contributed by atoms with Gasteiger partial charge in [0.2, 0.25) is 0 Å². The number of allylic oxidation sites excluding steroid dienone is 1. The molecular formula is C16H16Br2O2. The summed E-state index contributed by atoms with van der Waals surface area (Å²) in [6.45, 7) is 4.31. The van der Waals surface area contributed by atoms with Gasteiger partial charge in [-0.1, -0.05) is 26.0 Å². The summed E-state index contributed by atoms with van der Waals surface area (Å²) >= 11 is 7.03. The number of rotatable bonds is 2. The summed E-state index contributed by atoms with van der Waals surface area (Å²) in [6, 6.07) is 4.34. The lowest BCUT2D eigenvalue weighted by molar-refractivity contribution is -0.117. The van der Waals surface area contributed by atoms with E-state index in [0.717, 1.165) is 23.1 Å². The molecule has 0 aromatic heterocycles. The lowest BCUT2D eigenvalue weighted by Crippen LogP contribution is -2.41. The van der Waals surface area contributed by atoms with Crippen LogP contribution in [0.4, 0.5) is 0 Å². The second-order valence-corrected chi connectivity index (χ2v) is 7.14. The molecule has 1 aromatic carbocycles. The number of hydrogen-bond acceptors (Lipinski definition) is 2. The molecule has 0 spiro atoms. The van der Waals surface area contributed by atoms with E-state index in [1.54, 1.807) is 0 Å². The molecule has 106 valence electrons. The minimum absolute atomic E-state index is 0.0836. The van der Waals surface area contributed by atoms with E-state index in [9.17, 15) is 4.79 Å². The summed E-state index contributed by atoms with van der Waals surface area (Å²) in [5.41, 5.74) is 2.31. The van der Waals surface area contributed by atoms with Gasteiger partial charge < -0.3 is 4.74 Å². The monoisotopic (exact) mass is 398 g/mol. The summed E-state index contributed by atoms with van der Waals surface area (Å²) in [5, 5.41) is 0. The zero-order valence-corrected chi connectivity index (χ0v) is 14.7. The standard InChI is InChI=1S/C16H16Br2O2/c1-3-9-5-10-15(11(17)6-9)20-14-7-13(19)12(18)8-16(10,14)4-2/h5-6,8,14H,3-4,7H2,1-2H3/t14-,16-/m0/s1. The number of aryl methyl sites for hydroxylation is 1. The van der Waals surface area contributed by atoms with Crippen molar-refractivity contribution in [3.8, 4) is 5.75 Å². The number of benzene rings is 1. The molecule has 0 fully saturated rings. The molecule has 20 heavy (non-hydrogen) atoms. The van der Waals surface area contributed by atoms with Crippen LogP contribution in [0.3, 0.4) is 0 Å². The molecule has 0 saturated heterocycles. The van der Waals surface area contributed by atoms with Crippen molar-refractivity contribution in [1.82, 2.24) is 0 Å². The Morgan fingerprint density at radius 2 is 2.10 bits per heavy atom. The van der Waals surface area contributed by atoms with Crippen LogP contribution in [0.2, 0.25) is 0 Å². The van der Waals surface area contributed by atoms with Crippen molar-refractivity contribution in [2.45, 2.75) is 44.6 Å². The largest absolute Gasteiger partial charge is 0.487 e. The lowest BCUT2D eigenvalue weighted by Gasteiger charge is -2.33. The van der Waals surface area contributed by atoms with Crippen LogP contribution < -0.4 is 4.74 Å². The molecule has 1 heterocycles. The van der Waals surface area contributed by atoms with E-state index in [4.69, 9.17) is 4.74 Å². The fraction of sp³-hybridized carbons (Fsp3) is 0.438. The van der Waals surface area contributed by atoms with Crippen LogP contribution >= 0.6 is 31.9 Å². The highest BCUT2D eigenvalue weighted by Crippen LogP contribution is 2.53. The molecule has 2 nitrogen and oxygen atoms in total. The van der Waals surface area contributed by atoms with E-state index in [1.807, 2.05) is 0 Å². The first kappa shape index (κ1) is 14.3. The number of fused-ring (bicyclic) bond motifs is 3. The van der Waals surface area contributed by atoms with E-state index in [-0.39, 0.29) is 17.3 Å². The van der Waals surface area contributed by atoms with Crippen LogP contribution in [0, 0.1) is 0 Å². The van der Waals surface area contributed by atoms with E-state index >= 15 is 0 Å². The number of halogens is 2. The third-order valence-corrected chi connectivity index (χ3v) is 5.71. The van der Waals surface area contributed by atoms with Gasteiger partial charge >= 0.3 is 0 Å². The van der Waals surface area contributed by atoms with Crippen molar-refractivity contribution in [2.75, 3.05) is 0 Å². The average Bonchev–Trinajstić information content (AvgIpc) is 2.74. The van der Waals surface area contributed by atoms with E-state index in [1.165, 1.54) is 11.1 Å². The first-order valence-corrected chi connectivity index (χ1v) is 8.51. The summed E-state index contributed by atoms with van der Waals surface area (Å²) < 4.78 is 7.80. The van der Waals surface area contributed by atoms with Gasteiger partial charge in [-0.25, -0.2) is 0 Å². The van der Waals surface area contributed by atoms with Crippen molar-refractivity contribution in [3.05, 3.63) is 38.3 Å². The lowest BCUT2D eigenvalue weighted by atomic mass is 9.70. The van der Waals surface area contributed by atoms with Gasteiger partial charge in [0, 0.05) is 12.0 Å². The fourth-order valence-electron chi connectivity index (χ4n) is 3.23. The third kappa shape index (κ3) is 1.92. The molecular weight excluding hydrogens is 384 g/mol. The maximum absolute atomic E-state index is 11.9. The highest BCUT2D eigenvalue weighted by atomic mass is 79.9. The van der Waals surface area contributed by atoms with E-state index < -0.39 is 0 Å². The van der Waals surface area contributed by atoms with E-state index in [0.29, 0.717) is 10.9 Å². The molecule has 0 N–H and O–H groups in total. The molecule has 0 amide bonds. The topological polar surface area (TPSA) is 26.3 Å². The van der Waals surface area contributed by atoms with Gasteiger partial charge in [0.1, 0.15) is 11.9 Å². The van der Waals surface area contributed by atoms with Crippen LogP contribution in [0.1, 0.15) is 37.8 Å². The van der Waals surface area contributed by atoms with Gasteiger partial charge in [-0.3, -0.25) is 4.79 Å². The number of Topliss-reactive ketones (excluding diaryl/α,β-unsaturated/α-hetero) is 1. The smallest absolute Gasteiger partial charge is 0.173 e. The van der Waals surface area contributed by atoms with Crippen LogP contribution in [0.15, 0.2) is 27.2 Å². The van der Waals surface area contributed by atoms with Gasteiger partial charge in [-0.2, -0.15) is 0 Å². The molecule has 4 heteroatoms. The summed E-state index contributed by atoms with van der Waals surface area (Å²) in [5.74, 6) is 1.03. The predicted octanol–water partition coefficient (Wildman–Crippen LogP) is 4.67. The molecule has 1 aromatic rings. The van der Waals surface area contributed by atoms with Crippen molar-refractivity contribution in [3.63, 3.8) is 0 Å². The molecule has 0 saturated carbocycles. The zero-order chi connectivity index (χ0) is 14.5. The highest BCUT2D eigenvalue weighted by Gasteiger charge is 2.50. The van der Waals surface area contributed by atoms with Gasteiger partial charge in [0.05, 0.1) is 14.4 Å². The fourth-order valence-corrected chi connectivity index (χ4v) is 4.40. The number of ether oxygens (including phenoxy) is 1. The molecule has 0 unspecified atom stereocenters. The van der Waals surface area contributed by atoms with Crippen molar-refractivity contribution in [2.24, 2.45) is 0 Å². The second-order valence-electron chi connectivity index (χ2n) is 5.43. The molecule has 2 atom stereocenters. The maximum Gasteiger partial charge on any atom is 0.173 e. The normalized spacial score (nSPS) is 27.7. The van der Waals surface area contributed by atoms with Crippen LogP contribution in [0.5, 0.6) is 5.75 Å². The SMILES string of the molecule is CCc1cc(Br)c2c(c1)[C@]1(CC)C=C(Br)C(=O)C[C@@H]1O2. The average molecular weight is 400 g/mol. The Bertz CT molecular complexity index is 621. The minimum atomic E-state index is -0.185. The third-order valence-electron chi connectivity index (χ3n) is 4.45. The van der Waals surface area contributed by atoms with Crippen LogP contribution in [0.25, 0.3) is 0 Å². The molecule has 0 bridgehead atoms. The van der Waals surface area contributed by atoms with Gasteiger partial charge in [0.15, 0.2) is 5.78 Å². The summed E-state index contributed by atoms with van der Waals surface area (Å²) in [7, 11) is 0. The van der Waals surface area contributed by atoms with Crippen LogP contribution in [-0.4, -0.2) is 11.9 Å². The van der Waals surface area contributed by atoms with Gasteiger partial charge in [-0.05, 0) is 56.3 Å². The molecule has 1 aliphatic carbocycles. The van der Waals surface area contributed by atoms with Gasteiger partial charge in [0.25, 0.3) is 0 Å². The highest BCUT2D eigenvalue weighted by molar-refractivity contribution is 9.12. The number of carbonyl (C=O) groups is 1. The number of ketones is 1. The zero-order valence-electron chi connectivity index (χ0n) is 11.5. The summed E-state index contributed by atoms with van der Waals surface area (Å²) in [4.78, 5) is 11.9. The minimum Gasteiger partial charge on any atom is -0.487 e.